The number of ether oxygens (including phenoxy) is 1. The normalized spacial score (nSPS) is 14.8. The summed E-state index contributed by atoms with van der Waals surface area (Å²) in [6, 6.07) is 9.30. The Balaban J connectivity index is 1.75. The second-order valence-corrected chi connectivity index (χ2v) is 8.58. The number of hydrogen-bond acceptors (Lipinski definition) is 4. The Morgan fingerprint density at radius 1 is 1.14 bits per heavy atom. The zero-order chi connectivity index (χ0) is 20.1. The van der Waals surface area contributed by atoms with Crippen molar-refractivity contribution in [1.29, 1.82) is 0 Å². The third-order valence-electron chi connectivity index (χ3n) is 4.38. The zero-order valence-electron chi connectivity index (χ0n) is 15.0. The van der Waals surface area contributed by atoms with Crippen LogP contribution in [0.25, 0.3) is 0 Å². The summed E-state index contributed by atoms with van der Waals surface area (Å²) >= 11 is 5.97. The fourth-order valence-corrected chi connectivity index (χ4v) is 4.34. The molecule has 0 heterocycles. The molecule has 1 aliphatic carbocycles. The van der Waals surface area contributed by atoms with E-state index in [-0.39, 0.29) is 24.1 Å². The van der Waals surface area contributed by atoms with Crippen molar-refractivity contribution < 1.29 is 22.3 Å². The molecule has 0 atom stereocenters. The van der Waals surface area contributed by atoms with E-state index in [1.165, 1.54) is 30.3 Å². The third-order valence-corrected chi connectivity index (χ3v) is 6.01. The van der Waals surface area contributed by atoms with E-state index in [4.69, 9.17) is 16.3 Å². The molecule has 2 aromatic rings. The van der Waals surface area contributed by atoms with Gasteiger partial charge in [0.15, 0.2) is 0 Å². The van der Waals surface area contributed by atoms with E-state index in [1.807, 2.05) is 0 Å². The number of carbonyl (C=O) groups excluding carboxylic acids is 1. The van der Waals surface area contributed by atoms with E-state index in [0.29, 0.717) is 5.02 Å². The van der Waals surface area contributed by atoms with Crippen molar-refractivity contribution >= 4 is 38.9 Å². The topological polar surface area (TPSA) is 84.5 Å². The molecule has 1 amide bonds. The number of hydrogen-bond donors (Lipinski definition) is 2. The minimum atomic E-state index is -4.19. The van der Waals surface area contributed by atoms with Crippen LogP contribution < -0.4 is 10.0 Å². The average Bonchev–Trinajstić information content (AvgIpc) is 3.16. The highest BCUT2D eigenvalue weighted by molar-refractivity contribution is 7.92. The monoisotopic (exact) mass is 426 g/mol. The summed E-state index contributed by atoms with van der Waals surface area (Å²) in [5.41, 5.74) is 0.231. The van der Waals surface area contributed by atoms with E-state index >= 15 is 0 Å². The first kappa shape index (κ1) is 20.6. The van der Waals surface area contributed by atoms with Crippen molar-refractivity contribution in [3.8, 4) is 0 Å². The van der Waals surface area contributed by atoms with Crippen molar-refractivity contribution in [3.05, 3.63) is 53.3 Å². The van der Waals surface area contributed by atoms with Crippen LogP contribution in [-0.2, 0) is 19.6 Å². The van der Waals surface area contributed by atoms with Crippen LogP contribution in [-0.4, -0.2) is 27.0 Å². The van der Waals surface area contributed by atoms with E-state index in [9.17, 15) is 17.6 Å². The molecule has 1 aliphatic rings. The molecule has 2 N–H and O–H groups in total. The maximum Gasteiger partial charge on any atom is 0.264 e. The number of nitrogens with one attached hydrogen (secondary N) is 2. The van der Waals surface area contributed by atoms with Gasteiger partial charge in [-0.25, -0.2) is 12.8 Å². The number of anilines is 2. The molecular weight excluding hydrogens is 407 g/mol. The van der Waals surface area contributed by atoms with Crippen LogP contribution in [0.1, 0.15) is 25.7 Å². The number of carbonyl (C=O) groups is 1. The van der Waals surface area contributed by atoms with E-state index in [2.05, 4.69) is 10.0 Å². The van der Waals surface area contributed by atoms with Gasteiger partial charge in [-0.3, -0.25) is 9.52 Å². The molecular formula is C19H20ClFN2O4S. The first-order chi connectivity index (χ1) is 13.3. The Hall–Kier alpha value is -2.16. The lowest BCUT2D eigenvalue weighted by atomic mass is 10.2. The molecule has 1 saturated carbocycles. The smallest absolute Gasteiger partial charge is 0.264 e. The zero-order valence-corrected chi connectivity index (χ0v) is 16.5. The van der Waals surface area contributed by atoms with E-state index < -0.39 is 26.6 Å². The number of amides is 1. The molecule has 3 rings (SSSR count). The van der Waals surface area contributed by atoms with Gasteiger partial charge in [0.05, 0.1) is 17.5 Å². The maximum absolute atomic E-state index is 13.9. The summed E-state index contributed by atoms with van der Waals surface area (Å²) in [6.45, 7) is -0.142. The lowest BCUT2D eigenvalue weighted by Gasteiger charge is -2.15. The fraction of sp³-hybridized carbons (Fsp3) is 0.316. The summed E-state index contributed by atoms with van der Waals surface area (Å²) in [6.07, 6.45) is 4.10. The van der Waals surface area contributed by atoms with E-state index in [1.54, 1.807) is 0 Å². The van der Waals surface area contributed by atoms with Gasteiger partial charge in [-0.2, -0.15) is 0 Å². The molecule has 0 radical (unpaired) electrons. The van der Waals surface area contributed by atoms with Crippen LogP contribution in [0.3, 0.4) is 0 Å². The standard InChI is InChI=1S/C19H20ClFN2O4S/c20-13-9-10-16(23-28(25,26)18-8-4-3-7-15(18)21)17(11-13)22-19(24)12-27-14-5-1-2-6-14/h3-4,7-11,14,23H,1-2,5-6,12H2,(H,22,24). The highest BCUT2D eigenvalue weighted by Gasteiger charge is 2.21. The Morgan fingerprint density at radius 2 is 1.86 bits per heavy atom. The van der Waals surface area contributed by atoms with Crippen molar-refractivity contribution in [2.75, 3.05) is 16.6 Å². The highest BCUT2D eigenvalue weighted by Crippen LogP contribution is 2.29. The Morgan fingerprint density at radius 3 is 2.57 bits per heavy atom. The number of halogens is 2. The summed E-state index contributed by atoms with van der Waals surface area (Å²) in [4.78, 5) is 11.7. The minimum absolute atomic E-state index is 0.0712. The van der Waals surface area contributed by atoms with Crippen LogP contribution in [0, 0.1) is 5.82 Å². The molecule has 0 saturated heterocycles. The molecule has 0 unspecified atom stereocenters. The summed E-state index contributed by atoms with van der Waals surface area (Å²) in [7, 11) is -4.19. The second-order valence-electron chi connectivity index (χ2n) is 6.49. The Kier molecular flexibility index (Phi) is 6.53. The largest absolute Gasteiger partial charge is 0.368 e. The van der Waals surface area contributed by atoms with Gasteiger partial charge in [0.2, 0.25) is 5.91 Å². The van der Waals surface area contributed by atoms with Crippen molar-refractivity contribution in [1.82, 2.24) is 0 Å². The molecule has 0 spiro atoms. The Bertz CT molecular complexity index is 962. The maximum atomic E-state index is 13.9. The molecule has 2 aromatic carbocycles. The van der Waals surface area contributed by atoms with Gasteiger partial charge in [0, 0.05) is 5.02 Å². The van der Waals surface area contributed by atoms with Gasteiger partial charge in [-0.05, 0) is 43.2 Å². The van der Waals surface area contributed by atoms with Gasteiger partial charge >= 0.3 is 0 Å². The summed E-state index contributed by atoms with van der Waals surface area (Å²) in [5.74, 6) is -1.31. The van der Waals surface area contributed by atoms with Crippen LogP contribution in [0.5, 0.6) is 0 Å². The Labute approximate surface area is 168 Å². The quantitative estimate of drug-likeness (QED) is 0.695. The molecule has 0 aromatic heterocycles. The highest BCUT2D eigenvalue weighted by atomic mass is 35.5. The number of rotatable bonds is 7. The van der Waals surface area contributed by atoms with Crippen molar-refractivity contribution in [2.24, 2.45) is 0 Å². The first-order valence-electron chi connectivity index (χ1n) is 8.83. The molecule has 0 aliphatic heterocycles. The van der Waals surface area contributed by atoms with Crippen molar-refractivity contribution in [3.63, 3.8) is 0 Å². The molecule has 0 bridgehead atoms. The van der Waals surface area contributed by atoms with Crippen LogP contribution in [0.2, 0.25) is 5.02 Å². The van der Waals surface area contributed by atoms with Crippen molar-refractivity contribution in [2.45, 2.75) is 36.7 Å². The molecule has 9 heteroatoms. The van der Waals surface area contributed by atoms with Gasteiger partial charge in [-0.1, -0.05) is 36.6 Å². The van der Waals surface area contributed by atoms with Crippen LogP contribution in [0.15, 0.2) is 47.4 Å². The van der Waals surface area contributed by atoms with Crippen LogP contribution >= 0.6 is 11.6 Å². The van der Waals surface area contributed by atoms with Gasteiger partial charge in [0.1, 0.15) is 17.3 Å². The van der Waals surface area contributed by atoms with Gasteiger partial charge in [-0.15, -0.1) is 0 Å². The summed E-state index contributed by atoms with van der Waals surface area (Å²) < 4.78 is 46.8. The van der Waals surface area contributed by atoms with Crippen LogP contribution in [0.4, 0.5) is 15.8 Å². The van der Waals surface area contributed by atoms with E-state index in [0.717, 1.165) is 37.8 Å². The first-order valence-corrected chi connectivity index (χ1v) is 10.7. The fourth-order valence-electron chi connectivity index (χ4n) is 3.01. The van der Waals surface area contributed by atoms with Gasteiger partial charge < -0.3 is 10.1 Å². The number of benzene rings is 2. The SMILES string of the molecule is O=C(COC1CCCC1)Nc1cc(Cl)ccc1NS(=O)(=O)c1ccccc1F. The molecule has 150 valence electrons. The van der Waals surface area contributed by atoms with Gasteiger partial charge in [0.25, 0.3) is 10.0 Å². The third kappa shape index (κ3) is 5.21. The second kappa shape index (κ2) is 8.89. The predicted molar refractivity (Wildman–Crippen MR) is 105 cm³/mol. The molecule has 6 nitrogen and oxygen atoms in total. The lowest BCUT2D eigenvalue weighted by molar-refractivity contribution is -0.122. The number of sulfonamides is 1. The summed E-state index contributed by atoms with van der Waals surface area (Å²) in [5, 5.41) is 2.90. The predicted octanol–water partition coefficient (Wildman–Crippen LogP) is 4.18. The minimum Gasteiger partial charge on any atom is -0.368 e. The lowest BCUT2D eigenvalue weighted by Crippen LogP contribution is -2.23. The average molecular weight is 427 g/mol. The molecule has 1 fully saturated rings. The molecule has 28 heavy (non-hydrogen) atoms.